The Morgan fingerprint density at radius 3 is 2.90 bits per heavy atom. The van der Waals surface area contributed by atoms with Crippen molar-refractivity contribution in [3.63, 3.8) is 0 Å². The van der Waals surface area contributed by atoms with Crippen molar-refractivity contribution in [2.75, 3.05) is 11.9 Å². The van der Waals surface area contributed by atoms with Crippen molar-refractivity contribution in [3.05, 3.63) is 63.1 Å². The van der Waals surface area contributed by atoms with E-state index in [0.717, 1.165) is 12.1 Å². The predicted octanol–water partition coefficient (Wildman–Crippen LogP) is 3.93. The first-order valence-corrected chi connectivity index (χ1v) is 7.87. The van der Waals surface area contributed by atoms with E-state index in [1.807, 2.05) is 30.3 Å². The van der Waals surface area contributed by atoms with Crippen molar-refractivity contribution in [2.24, 2.45) is 0 Å². The Labute approximate surface area is 136 Å². The highest BCUT2D eigenvalue weighted by atomic mass is 79.9. The maximum Gasteiger partial charge on any atom is 0.233 e. The molecule has 0 spiro atoms. The van der Waals surface area contributed by atoms with Crippen LogP contribution >= 0.6 is 27.5 Å². The van der Waals surface area contributed by atoms with Gasteiger partial charge in [0.05, 0.1) is 21.1 Å². The van der Waals surface area contributed by atoms with Gasteiger partial charge in [0.15, 0.2) is 0 Å². The molecule has 1 aliphatic rings. The van der Waals surface area contributed by atoms with Gasteiger partial charge in [-0.25, -0.2) is 0 Å². The number of hydrogen-bond donors (Lipinski definition) is 2. The SMILES string of the molecule is O=C(Nc1cccc(Cl)c1Br)C1CNCc2ccccc21. The second-order valence-corrected chi connectivity index (χ2v) is 6.17. The molecule has 2 aromatic rings. The number of rotatable bonds is 2. The molecule has 108 valence electrons. The Morgan fingerprint density at radius 1 is 1.24 bits per heavy atom. The van der Waals surface area contributed by atoms with E-state index in [0.29, 0.717) is 21.7 Å². The van der Waals surface area contributed by atoms with Gasteiger partial charge < -0.3 is 10.6 Å². The number of anilines is 1. The molecular weight excluding hydrogens is 352 g/mol. The highest BCUT2D eigenvalue weighted by molar-refractivity contribution is 9.10. The predicted molar refractivity (Wildman–Crippen MR) is 88.7 cm³/mol. The summed E-state index contributed by atoms with van der Waals surface area (Å²) in [6, 6.07) is 13.5. The van der Waals surface area contributed by atoms with E-state index in [1.165, 1.54) is 5.56 Å². The van der Waals surface area contributed by atoms with Crippen LogP contribution in [0, 0.1) is 0 Å². The number of benzene rings is 2. The van der Waals surface area contributed by atoms with E-state index in [2.05, 4.69) is 32.6 Å². The van der Waals surface area contributed by atoms with Gasteiger partial charge in [0.25, 0.3) is 0 Å². The standard InChI is InChI=1S/C16H14BrClN2O/c17-15-13(18)6-3-7-14(15)20-16(21)12-9-19-8-10-4-1-2-5-11(10)12/h1-7,12,19H,8-9H2,(H,20,21). The molecule has 0 saturated heterocycles. The third-order valence-electron chi connectivity index (χ3n) is 3.62. The van der Waals surface area contributed by atoms with Crippen LogP contribution in [0.1, 0.15) is 17.0 Å². The number of carbonyl (C=O) groups excluding carboxylic acids is 1. The molecule has 0 aliphatic carbocycles. The van der Waals surface area contributed by atoms with Gasteiger partial charge in [-0.05, 0) is 39.2 Å². The number of amides is 1. The third-order valence-corrected chi connectivity index (χ3v) is 5.02. The van der Waals surface area contributed by atoms with Crippen LogP contribution in [0.25, 0.3) is 0 Å². The zero-order valence-corrected chi connectivity index (χ0v) is 13.5. The van der Waals surface area contributed by atoms with Crippen molar-refractivity contribution < 1.29 is 4.79 Å². The van der Waals surface area contributed by atoms with E-state index in [4.69, 9.17) is 11.6 Å². The molecule has 1 amide bonds. The molecule has 0 radical (unpaired) electrons. The van der Waals surface area contributed by atoms with Crippen LogP contribution in [0.2, 0.25) is 5.02 Å². The van der Waals surface area contributed by atoms with E-state index in [9.17, 15) is 4.79 Å². The summed E-state index contributed by atoms with van der Waals surface area (Å²) in [7, 11) is 0. The summed E-state index contributed by atoms with van der Waals surface area (Å²) in [5.74, 6) is -0.224. The largest absolute Gasteiger partial charge is 0.324 e. The summed E-state index contributed by atoms with van der Waals surface area (Å²) in [5.41, 5.74) is 2.96. The summed E-state index contributed by atoms with van der Waals surface area (Å²) >= 11 is 9.46. The fourth-order valence-corrected chi connectivity index (χ4v) is 3.09. The van der Waals surface area contributed by atoms with E-state index >= 15 is 0 Å². The first-order valence-electron chi connectivity index (χ1n) is 6.70. The number of hydrogen-bond acceptors (Lipinski definition) is 2. The second kappa shape index (κ2) is 6.18. The molecule has 2 aromatic carbocycles. The minimum Gasteiger partial charge on any atom is -0.324 e. The molecular formula is C16H14BrClN2O. The summed E-state index contributed by atoms with van der Waals surface area (Å²) < 4.78 is 0.706. The first-order chi connectivity index (χ1) is 10.2. The van der Waals surface area contributed by atoms with Gasteiger partial charge in [-0.1, -0.05) is 41.9 Å². The van der Waals surface area contributed by atoms with Crippen molar-refractivity contribution in [3.8, 4) is 0 Å². The highest BCUT2D eigenvalue weighted by Gasteiger charge is 2.26. The number of fused-ring (bicyclic) bond motifs is 1. The van der Waals surface area contributed by atoms with Crippen LogP contribution < -0.4 is 10.6 Å². The lowest BCUT2D eigenvalue weighted by molar-refractivity contribution is -0.117. The maximum atomic E-state index is 12.6. The molecule has 0 saturated carbocycles. The van der Waals surface area contributed by atoms with Gasteiger partial charge in [0, 0.05) is 13.1 Å². The Morgan fingerprint density at radius 2 is 2.05 bits per heavy atom. The lowest BCUT2D eigenvalue weighted by Crippen LogP contribution is -2.35. The van der Waals surface area contributed by atoms with Crippen LogP contribution in [-0.2, 0) is 11.3 Å². The van der Waals surface area contributed by atoms with Gasteiger partial charge in [0.2, 0.25) is 5.91 Å². The summed E-state index contributed by atoms with van der Waals surface area (Å²) in [6.07, 6.45) is 0. The third kappa shape index (κ3) is 2.98. The van der Waals surface area contributed by atoms with Gasteiger partial charge >= 0.3 is 0 Å². The van der Waals surface area contributed by atoms with Gasteiger partial charge in [0.1, 0.15) is 0 Å². The maximum absolute atomic E-state index is 12.6. The quantitative estimate of drug-likeness (QED) is 0.846. The fourth-order valence-electron chi connectivity index (χ4n) is 2.55. The molecule has 3 rings (SSSR count). The molecule has 0 fully saturated rings. The first kappa shape index (κ1) is 14.6. The van der Waals surface area contributed by atoms with E-state index in [-0.39, 0.29) is 11.8 Å². The minimum absolute atomic E-state index is 0.0300. The normalized spacial score (nSPS) is 17.1. The number of carbonyl (C=O) groups is 1. The smallest absolute Gasteiger partial charge is 0.233 e. The van der Waals surface area contributed by atoms with Crippen LogP contribution in [0.4, 0.5) is 5.69 Å². The molecule has 2 N–H and O–H groups in total. The summed E-state index contributed by atoms with van der Waals surface area (Å²) in [5, 5.41) is 6.82. The second-order valence-electron chi connectivity index (χ2n) is 4.97. The van der Waals surface area contributed by atoms with Gasteiger partial charge in [-0.2, -0.15) is 0 Å². The summed E-state index contributed by atoms with van der Waals surface area (Å²) in [4.78, 5) is 12.6. The summed E-state index contributed by atoms with van der Waals surface area (Å²) in [6.45, 7) is 1.45. The van der Waals surface area contributed by atoms with E-state index < -0.39 is 0 Å². The molecule has 0 aromatic heterocycles. The van der Waals surface area contributed by atoms with Crippen molar-refractivity contribution in [1.29, 1.82) is 0 Å². The van der Waals surface area contributed by atoms with Crippen LogP contribution in [0.3, 0.4) is 0 Å². The van der Waals surface area contributed by atoms with Gasteiger partial charge in [-0.3, -0.25) is 4.79 Å². The fraction of sp³-hybridized carbons (Fsp3) is 0.188. The van der Waals surface area contributed by atoms with Crippen molar-refractivity contribution >= 4 is 39.1 Å². The lowest BCUT2D eigenvalue weighted by Gasteiger charge is -2.25. The molecule has 1 unspecified atom stereocenters. The van der Waals surface area contributed by atoms with Crippen LogP contribution in [0.15, 0.2) is 46.9 Å². The van der Waals surface area contributed by atoms with Crippen LogP contribution in [0.5, 0.6) is 0 Å². The average molecular weight is 366 g/mol. The lowest BCUT2D eigenvalue weighted by atomic mass is 9.90. The molecule has 1 heterocycles. The molecule has 3 nitrogen and oxygen atoms in total. The Balaban J connectivity index is 1.85. The molecule has 21 heavy (non-hydrogen) atoms. The Hall–Kier alpha value is -1.36. The molecule has 1 aliphatic heterocycles. The average Bonchev–Trinajstić information content (AvgIpc) is 2.51. The number of halogens is 2. The monoisotopic (exact) mass is 364 g/mol. The van der Waals surface area contributed by atoms with Crippen LogP contribution in [-0.4, -0.2) is 12.5 Å². The molecule has 1 atom stereocenters. The topological polar surface area (TPSA) is 41.1 Å². The Kier molecular flexibility index (Phi) is 4.29. The molecule has 5 heteroatoms. The van der Waals surface area contributed by atoms with E-state index in [1.54, 1.807) is 6.07 Å². The Bertz CT molecular complexity index is 690. The number of nitrogens with one attached hydrogen (secondary N) is 2. The molecule has 0 bridgehead atoms. The zero-order chi connectivity index (χ0) is 14.8. The van der Waals surface area contributed by atoms with Crippen molar-refractivity contribution in [1.82, 2.24) is 5.32 Å². The highest BCUT2D eigenvalue weighted by Crippen LogP contribution is 2.31. The minimum atomic E-state index is -0.194. The van der Waals surface area contributed by atoms with Gasteiger partial charge in [-0.15, -0.1) is 0 Å². The van der Waals surface area contributed by atoms with Crippen molar-refractivity contribution in [2.45, 2.75) is 12.5 Å². The zero-order valence-electron chi connectivity index (χ0n) is 11.2.